The molecule has 1 aliphatic heterocycles. The summed E-state index contributed by atoms with van der Waals surface area (Å²) < 4.78 is 27.6. The van der Waals surface area contributed by atoms with E-state index in [0.29, 0.717) is 31.1 Å². The molecule has 6 nitrogen and oxygen atoms in total. The molecule has 1 aliphatic rings. The van der Waals surface area contributed by atoms with Gasteiger partial charge in [0, 0.05) is 32.2 Å². The summed E-state index contributed by atoms with van der Waals surface area (Å²) in [6.45, 7) is 7.10. The predicted molar refractivity (Wildman–Crippen MR) is 119 cm³/mol. The van der Waals surface area contributed by atoms with Gasteiger partial charge in [0.2, 0.25) is 10.0 Å². The highest BCUT2D eigenvalue weighted by Gasteiger charge is 2.31. The highest BCUT2D eigenvalue weighted by molar-refractivity contribution is 7.89. The van der Waals surface area contributed by atoms with Crippen molar-refractivity contribution in [2.24, 2.45) is 0 Å². The number of nitrogens with one attached hydrogen (secondary N) is 1. The monoisotopic (exact) mass is 429 g/mol. The minimum absolute atomic E-state index is 0.0504. The van der Waals surface area contributed by atoms with E-state index in [1.807, 2.05) is 51.1 Å². The Labute approximate surface area is 179 Å². The van der Waals surface area contributed by atoms with E-state index in [2.05, 4.69) is 17.4 Å². The second-order valence-corrected chi connectivity index (χ2v) is 9.94. The molecule has 2 amide bonds. The van der Waals surface area contributed by atoms with Gasteiger partial charge in [-0.25, -0.2) is 13.2 Å². The molecular formula is C23H31N3O3S. The lowest BCUT2D eigenvalue weighted by Crippen LogP contribution is -2.54. The number of nitrogens with zero attached hydrogens (tertiary/aromatic N) is 2. The molecule has 0 saturated carbocycles. The molecule has 0 unspecified atom stereocenters. The minimum atomic E-state index is -3.55. The summed E-state index contributed by atoms with van der Waals surface area (Å²) in [6, 6.07) is 15.6. The van der Waals surface area contributed by atoms with Crippen molar-refractivity contribution in [1.82, 2.24) is 14.5 Å². The molecule has 2 aromatic carbocycles. The molecule has 0 aromatic heterocycles. The number of amides is 2. The number of carbonyl (C=O) groups is 1. The lowest BCUT2D eigenvalue weighted by Gasteiger charge is -2.34. The van der Waals surface area contributed by atoms with Crippen LogP contribution in [0.2, 0.25) is 0 Å². The first kappa shape index (κ1) is 22.3. The van der Waals surface area contributed by atoms with Gasteiger partial charge in [-0.2, -0.15) is 4.31 Å². The van der Waals surface area contributed by atoms with Gasteiger partial charge < -0.3 is 10.2 Å². The van der Waals surface area contributed by atoms with Crippen LogP contribution < -0.4 is 5.32 Å². The molecule has 7 heteroatoms. The minimum Gasteiger partial charge on any atom is -0.336 e. The number of aryl methyl sites for hydroxylation is 3. The number of benzene rings is 2. The van der Waals surface area contributed by atoms with Crippen LogP contribution in [0.3, 0.4) is 0 Å². The molecule has 1 fully saturated rings. The highest BCUT2D eigenvalue weighted by Crippen LogP contribution is 2.22. The quantitative estimate of drug-likeness (QED) is 0.766. The molecule has 0 spiro atoms. The maximum Gasteiger partial charge on any atom is 0.317 e. The molecule has 30 heavy (non-hydrogen) atoms. The van der Waals surface area contributed by atoms with E-state index in [0.717, 1.165) is 24.0 Å². The van der Waals surface area contributed by atoms with E-state index < -0.39 is 10.0 Å². The largest absolute Gasteiger partial charge is 0.336 e. The summed E-state index contributed by atoms with van der Waals surface area (Å²) in [5.41, 5.74) is 2.92. The lowest BCUT2D eigenvalue weighted by atomic mass is 10.1. The standard InChI is InChI=1S/C23H31N3O3S/c1-18-9-10-19(2)22(17-18)30(28,29)26-15-13-25(14-16-26)23(27)24-20(3)11-12-21-7-5-4-6-8-21/h4-10,17,20H,11-16H2,1-3H3,(H,24,27)/t20-/m0/s1. The topological polar surface area (TPSA) is 69.7 Å². The summed E-state index contributed by atoms with van der Waals surface area (Å²) in [5.74, 6) is 0. The molecule has 1 atom stereocenters. The Hall–Kier alpha value is -2.38. The van der Waals surface area contributed by atoms with E-state index in [9.17, 15) is 13.2 Å². The van der Waals surface area contributed by atoms with Crippen molar-refractivity contribution in [2.45, 2.75) is 44.6 Å². The zero-order valence-corrected chi connectivity index (χ0v) is 18.8. The molecule has 2 aromatic rings. The van der Waals surface area contributed by atoms with Gasteiger partial charge in [0.15, 0.2) is 0 Å². The van der Waals surface area contributed by atoms with Crippen LogP contribution in [0.15, 0.2) is 53.4 Å². The highest BCUT2D eigenvalue weighted by atomic mass is 32.2. The number of hydrogen-bond donors (Lipinski definition) is 1. The first-order valence-electron chi connectivity index (χ1n) is 10.4. The third-order valence-corrected chi connectivity index (χ3v) is 7.61. The maximum atomic E-state index is 13.0. The van der Waals surface area contributed by atoms with E-state index in [4.69, 9.17) is 0 Å². The van der Waals surface area contributed by atoms with Gasteiger partial charge in [-0.15, -0.1) is 0 Å². The smallest absolute Gasteiger partial charge is 0.317 e. The van der Waals surface area contributed by atoms with Gasteiger partial charge in [0.1, 0.15) is 0 Å². The SMILES string of the molecule is Cc1ccc(C)c(S(=O)(=O)N2CCN(C(=O)N[C@@H](C)CCc3ccccc3)CC2)c1. The summed E-state index contributed by atoms with van der Waals surface area (Å²) in [5, 5.41) is 3.04. The molecule has 3 rings (SSSR count). The predicted octanol–water partition coefficient (Wildman–Crippen LogP) is 3.34. The number of carbonyl (C=O) groups excluding carboxylic acids is 1. The maximum absolute atomic E-state index is 13.0. The Morgan fingerprint density at radius 2 is 1.70 bits per heavy atom. The molecule has 1 heterocycles. The van der Waals surface area contributed by atoms with Crippen LogP contribution in [0.1, 0.15) is 30.0 Å². The fourth-order valence-corrected chi connectivity index (χ4v) is 5.39. The van der Waals surface area contributed by atoms with E-state index in [1.54, 1.807) is 11.0 Å². The van der Waals surface area contributed by atoms with E-state index in [1.165, 1.54) is 9.87 Å². The molecule has 0 aliphatic carbocycles. The third-order valence-electron chi connectivity index (χ3n) is 5.57. The number of hydrogen-bond acceptors (Lipinski definition) is 3. The van der Waals surface area contributed by atoms with Crippen LogP contribution in [0, 0.1) is 13.8 Å². The van der Waals surface area contributed by atoms with Gasteiger partial charge in [-0.3, -0.25) is 0 Å². The molecule has 1 saturated heterocycles. The summed E-state index contributed by atoms with van der Waals surface area (Å²) >= 11 is 0. The van der Waals surface area contributed by atoms with Crippen LogP contribution in [-0.2, 0) is 16.4 Å². The first-order chi connectivity index (χ1) is 14.3. The van der Waals surface area contributed by atoms with Crippen LogP contribution in [0.25, 0.3) is 0 Å². The molecule has 162 valence electrons. The van der Waals surface area contributed by atoms with Crippen molar-refractivity contribution in [3.63, 3.8) is 0 Å². The average molecular weight is 430 g/mol. The third kappa shape index (κ3) is 5.40. The number of urea groups is 1. The van der Waals surface area contributed by atoms with Crippen molar-refractivity contribution in [3.8, 4) is 0 Å². The van der Waals surface area contributed by atoms with Gasteiger partial charge in [0.25, 0.3) is 0 Å². The van der Waals surface area contributed by atoms with Crippen LogP contribution in [0.4, 0.5) is 4.79 Å². The Bertz CT molecular complexity index is 968. The fraction of sp³-hybridized carbons (Fsp3) is 0.435. The van der Waals surface area contributed by atoms with Crippen LogP contribution >= 0.6 is 0 Å². The fourth-order valence-electron chi connectivity index (χ4n) is 3.66. The van der Waals surface area contributed by atoms with Gasteiger partial charge >= 0.3 is 6.03 Å². The Morgan fingerprint density at radius 1 is 1.03 bits per heavy atom. The van der Waals surface area contributed by atoms with Gasteiger partial charge in [0.05, 0.1) is 4.90 Å². The number of piperazine rings is 1. The van der Waals surface area contributed by atoms with Gasteiger partial charge in [-0.1, -0.05) is 42.5 Å². The second-order valence-electron chi connectivity index (χ2n) is 8.03. The summed E-state index contributed by atoms with van der Waals surface area (Å²) in [6.07, 6.45) is 1.76. The summed E-state index contributed by atoms with van der Waals surface area (Å²) in [4.78, 5) is 14.7. The molecular weight excluding hydrogens is 398 g/mol. The lowest BCUT2D eigenvalue weighted by molar-refractivity contribution is 0.169. The van der Waals surface area contributed by atoms with Crippen molar-refractivity contribution in [2.75, 3.05) is 26.2 Å². The Balaban J connectivity index is 1.52. The van der Waals surface area contributed by atoms with Crippen molar-refractivity contribution >= 4 is 16.1 Å². The Morgan fingerprint density at radius 3 is 2.37 bits per heavy atom. The second kappa shape index (κ2) is 9.62. The van der Waals surface area contributed by atoms with Crippen LogP contribution in [-0.4, -0.2) is 55.9 Å². The number of sulfonamides is 1. The van der Waals surface area contributed by atoms with Gasteiger partial charge in [-0.05, 0) is 56.4 Å². The Kier molecular flexibility index (Phi) is 7.15. The van der Waals surface area contributed by atoms with E-state index >= 15 is 0 Å². The van der Waals surface area contributed by atoms with Crippen LogP contribution in [0.5, 0.6) is 0 Å². The van der Waals surface area contributed by atoms with Crippen molar-refractivity contribution in [1.29, 1.82) is 0 Å². The molecule has 0 radical (unpaired) electrons. The average Bonchev–Trinajstić information content (AvgIpc) is 2.74. The molecule has 1 N–H and O–H groups in total. The van der Waals surface area contributed by atoms with E-state index in [-0.39, 0.29) is 12.1 Å². The van der Waals surface area contributed by atoms with Crippen molar-refractivity contribution < 1.29 is 13.2 Å². The zero-order valence-electron chi connectivity index (χ0n) is 18.0. The summed E-state index contributed by atoms with van der Waals surface area (Å²) in [7, 11) is -3.55. The molecule has 0 bridgehead atoms. The zero-order chi connectivity index (χ0) is 21.7. The van der Waals surface area contributed by atoms with Crippen molar-refractivity contribution in [3.05, 3.63) is 65.2 Å². The first-order valence-corrected chi connectivity index (χ1v) is 11.9. The number of rotatable bonds is 6. The normalized spacial score (nSPS) is 16.3.